The summed E-state index contributed by atoms with van der Waals surface area (Å²) in [5, 5.41) is 0. The minimum atomic E-state index is -0.193. The zero-order valence-corrected chi connectivity index (χ0v) is 12.8. The van der Waals surface area contributed by atoms with Gasteiger partial charge >= 0.3 is 0 Å². The van der Waals surface area contributed by atoms with Crippen molar-refractivity contribution in [3.05, 3.63) is 57.8 Å². The third-order valence-corrected chi connectivity index (χ3v) is 4.42. The van der Waals surface area contributed by atoms with Gasteiger partial charge in [0.2, 0.25) is 0 Å². The lowest BCUT2D eigenvalue weighted by atomic mass is 10.1. The molecule has 104 valence electrons. The van der Waals surface area contributed by atoms with Crippen LogP contribution in [0.5, 0.6) is 0 Å². The van der Waals surface area contributed by atoms with Crippen LogP contribution in [0.15, 0.2) is 40.9 Å². The van der Waals surface area contributed by atoms with Gasteiger partial charge in [-0.15, -0.1) is 0 Å². The quantitative estimate of drug-likeness (QED) is 0.886. The lowest BCUT2D eigenvalue weighted by Crippen LogP contribution is -2.14. The Labute approximate surface area is 126 Å². The van der Waals surface area contributed by atoms with Gasteiger partial charge in [0.15, 0.2) is 0 Å². The van der Waals surface area contributed by atoms with Crippen LogP contribution in [0.2, 0.25) is 0 Å². The number of nitrogens with zero attached hydrogens (tertiary/aromatic N) is 1. The summed E-state index contributed by atoms with van der Waals surface area (Å²) in [7, 11) is 0. The van der Waals surface area contributed by atoms with Crippen LogP contribution in [0, 0.1) is 5.82 Å². The molecule has 0 bridgehead atoms. The fraction of sp³-hybridized carbons (Fsp3) is 0.250. The molecule has 0 fully saturated rings. The third kappa shape index (κ3) is 2.34. The Balaban J connectivity index is 2.00. The topological polar surface area (TPSA) is 29.3 Å². The summed E-state index contributed by atoms with van der Waals surface area (Å²) in [6.07, 6.45) is 0.947. The third-order valence-electron chi connectivity index (χ3n) is 3.73. The molecule has 0 saturated carbocycles. The molecule has 2 aromatic rings. The highest BCUT2D eigenvalue weighted by molar-refractivity contribution is 9.10. The van der Waals surface area contributed by atoms with E-state index in [1.54, 1.807) is 6.07 Å². The summed E-state index contributed by atoms with van der Waals surface area (Å²) in [6.45, 7) is 2.84. The number of rotatable bonds is 2. The molecule has 2 N–H and O–H groups in total. The maximum absolute atomic E-state index is 13.4. The number of benzene rings is 2. The zero-order valence-electron chi connectivity index (χ0n) is 11.2. The highest BCUT2D eigenvalue weighted by atomic mass is 79.9. The van der Waals surface area contributed by atoms with Crippen molar-refractivity contribution in [2.75, 3.05) is 11.4 Å². The highest BCUT2D eigenvalue weighted by Crippen LogP contribution is 2.37. The predicted octanol–water partition coefficient (Wildman–Crippen LogP) is 4.30. The van der Waals surface area contributed by atoms with Crippen molar-refractivity contribution in [2.45, 2.75) is 19.4 Å². The monoisotopic (exact) mass is 334 g/mol. The summed E-state index contributed by atoms with van der Waals surface area (Å²) in [6, 6.07) is 11.1. The number of anilines is 2. The van der Waals surface area contributed by atoms with Gasteiger partial charge in [0, 0.05) is 28.4 Å². The van der Waals surface area contributed by atoms with E-state index in [9.17, 15) is 4.39 Å². The van der Waals surface area contributed by atoms with Crippen LogP contribution in [0.1, 0.15) is 24.1 Å². The van der Waals surface area contributed by atoms with Gasteiger partial charge in [0.25, 0.3) is 0 Å². The summed E-state index contributed by atoms with van der Waals surface area (Å²) in [5.74, 6) is -0.193. The normalized spacial score (nSPS) is 15.3. The summed E-state index contributed by atoms with van der Waals surface area (Å²) in [5.41, 5.74) is 10.2. The minimum absolute atomic E-state index is 0.0123. The van der Waals surface area contributed by atoms with E-state index in [-0.39, 0.29) is 11.9 Å². The zero-order chi connectivity index (χ0) is 14.3. The average molecular weight is 335 g/mol. The first kappa shape index (κ1) is 13.6. The molecule has 0 unspecified atom stereocenters. The number of hydrogen-bond donors (Lipinski definition) is 1. The molecule has 1 heterocycles. The first-order valence-electron chi connectivity index (χ1n) is 6.67. The van der Waals surface area contributed by atoms with Crippen LogP contribution in [0.4, 0.5) is 15.8 Å². The molecule has 1 atom stereocenters. The predicted molar refractivity (Wildman–Crippen MR) is 83.9 cm³/mol. The fourth-order valence-electron chi connectivity index (χ4n) is 2.67. The van der Waals surface area contributed by atoms with Crippen LogP contribution >= 0.6 is 15.9 Å². The van der Waals surface area contributed by atoms with Gasteiger partial charge < -0.3 is 10.6 Å². The summed E-state index contributed by atoms with van der Waals surface area (Å²) < 4.78 is 14.4. The van der Waals surface area contributed by atoms with E-state index in [4.69, 9.17) is 5.73 Å². The molecule has 0 amide bonds. The van der Waals surface area contributed by atoms with E-state index in [1.807, 2.05) is 25.1 Å². The van der Waals surface area contributed by atoms with Gasteiger partial charge in [-0.25, -0.2) is 4.39 Å². The Morgan fingerprint density at radius 3 is 2.75 bits per heavy atom. The molecule has 3 rings (SSSR count). The molecule has 0 radical (unpaired) electrons. The second-order valence-electron chi connectivity index (χ2n) is 5.17. The van der Waals surface area contributed by atoms with Crippen molar-refractivity contribution >= 4 is 27.3 Å². The maximum atomic E-state index is 13.4. The van der Waals surface area contributed by atoms with Crippen LogP contribution in [0.3, 0.4) is 0 Å². The van der Waals surface area contributed by atoms with E-state index in [0.717, 1.165) is 34.4 Å². The number of nitrogens with two attached hydrogens (primary N) is 1. The first-order chi connectivity index (χ1) is 9.56. The molecular weight excluding hydrogens is 319 g/mol. The van der Waals surface area contributed by atoms with E-state index in [1.165, 1.54) is 11.6 Å². The van der Waals surface area contributed by atoms with Gasteiger partial charge in [-0.2, -0.15) is 0 Å². The Kier molecular flexibility index (Phi) is 3.52. The molecule has 20 heavy (non-hydrogen) atoms. The van der Waals surface area contributed by atoms with Crippen LogP contribution in [0.25, 0.3) is 0 Å². The lowest BCUT2D eigenvalue weighted by Gasteiger charge is -2.21. The van der Waals surface area contributed by atoms with Crippen LogP contribution in [-0.2, 0) is 6.42 Å². The lowest BCUT2D eigenvalue weighted by molar-refractivity contribution is 0.628. The van der Waals surface area contributed by atoms with Crippen molar-refractivity contribution in [1.29, 1.82) is 0 Å². The van der Waals surface area contributed by atoms with Gasteiger partial charge in [-0.1, -0.05) is 28.1 Å². The fourth-order valence-corrected chi connectivity index (χ4v) is 3.40. The molecular formula is C16H16BrFN2. The van der Waals surface area contributed by atoms with Crippen molar-refractivity contribution in [3.63, 3.8) is 0 Å². The standard InChI is InChI=1S/C16H16BrFN2/c1-10(19)14-5-4-13(9-15(14)17)20-7-6-11-2-3-12(18)8-16(11)20/h2-5,8-10H,6-7,19H2,1H3/t10-/m1/s1. The molecule has 4 heteroatoms. The van der Waals surface area contributed by atoms with Gasteiger partial charge in [0.1, 0.15) is 5.82 Å². The van der Waals surface area contributed by atoms with Crippen LogP contribution < -0.4 is 10.6 Å². The molecule has 1 aliphatic heterocycles. The van der Waals surface area contributed by atoms with Gasteiger partial charge in [-0.05, 0) is 48.7 Å². The largest absolute Gasteiger partial charge is 0.341 e. The Morgan fingerprint density at radius 2 is 2.05 bits per heavy atom. The number of hydrogen-bond acceptors (Lipinski definition) is 2. The second kappa shape index (κ2) is 5.19. The Hall–Kier alpha value is -1.39. The van der Waals surface area contributed by atoms with E-state index in [2.05, 4.69) is 26.9 Å². The Morgan fingerprint density at radius 1 is 1.25 bits per heavy atom. The van der Waals surface area contributed by atoms with Crippen LogP contribution in [-0.4, -0.2) is 6.54 Å². The second-order valence-corrected chi connectivity index (χ2v) is 6.02. The molecule has 0 spiro atoms. The van der Waals surface area contributed by atoms with Crippen molar-refractivity contribution in [3.8, 4) is 0 Å². The van der Waals surface area contributed by atoms with Crippen molar-refractivity contribution in [2.24, 2.45) is 5.73 Å². The molecule has 1 aliphatic rings. The van der Waals surface area contributed by atoms with E-state index < -0.39 is 0 Å². The minimum Gasteiger partial charge on any atom is -0.341 e. The summed E-state index contributed by atoms with van der Waals surface area (Å²) >= 11 is 3.57. The molecule has 0 saturated heterocycles. The number of halogens is 2. The van der Waals surface area contributed by atoms with E-state index >= 15 is 0 Å². The molecule has 2 aromatic carbocycles. The summed E-state index contributed by atoms with van der Waals surface area (Å²) in [4.78, 5) is 2.15. The first-order valence-corrected chi connectivity index (χ1v) is 7.46. The van der Waals surface area contributed by atoms with Crippen molar-refractivity contribution in [1.82, 2.24) is 0 Å². The average Bonchev–Trinajstić information content (AvgIpc) is 2.81. The van der Waals surface area contributed by atoms with Crippen molar-refractivity contribution < 1.29 is 4.39 Å². The molecule has 0 aliphatic carbocycles. The SMILES string of the molecule is C[C@@H](N)c1ccc(N2CCc3ccc(F)cc32)cc1Br. The van der Waals surface area contributed by atoms with Gasteiger partial charge in [0.05, 0.1) is 0 Å². The van der Waals surface area contributed by atoms with E-state index in [0.29, 0.717) is 0 Å². The smallest absolute Gasteiger partial charge is 0.125 e. The molecule has 0 aromatic heterocycles. The molecule has 2 nitrogen and oxygen atoms in total. The maximum Gasteiger partial charge on any atom is 0.125 e. The highest BCUT2D eigenvalue weighted by Gasteiger charge is 2.21. The Bertz CT molecular complexity index is 655. The van der Waals surface area contributed by atoms with Gasteiger partial charge in [-0.3, -0.25) is 0 Å². The number of fused-ring (bicyclic) bond motifs is 1.